The van der Waals surface area contributed by atoms with Crippen LogP contribution in [0.2, 0.25) is 0 Å². The molecular formula is C15H19NO3. The van der Waals surface area contributed by atoms with Crippen LogP contribution in [0, 0.1) is 11.3 Å². The summed E-state index contributed by atoms with van der Waals surface area (Å²) in [4.78, 5) is 15.9. The van der Waals surface area contributed by atoms with Gasteiger partial charge in [0.1, 0.15) is 0 Å². The first-order valence-electron chi connectivity index (χ1n) is 6.96. The Balaban J connectivity index is 1.75. The average Bonchev–Trinajstić information content (AvgIpc) is 3.17. The summed E-state index contributed by atoms with van der Waals surface area (Å²) in [5, 5.41) is 9.69. The highest BCUT2D eigenvalue weighted by molar-refractivity contribution is 5.76. The first-order valence-corrected chi connectivity index (χ1v) is 6.96. The highest BCUT2D eigenvalue weighted by Crippen LogP contribution is 2.50. The third-order valence-corrected chi connectivity index (χ3v) is 4.45. The normalized spacial score (nSPS) is 30.4. The number of carbonyl (C=O) groups is 1. The molecule has 2 atom stereocenters. The zero-order valence-electron chi connectivity index (χ0n) is 10.9. The Bertz CT molecular complexity index is 458. The van der Waals surface area contributed by atoms with Crippen molar-refractivity contribution in [3.63, 3.8) is 0 Å². The molecule has 2 fully saturated rings. The summed E-state index contributed by atoms with van der Waals surface area (Å²) in [6, 6.07) is 3.90. The monoisotopic (exact) mass is 261 g/mol. The molecular weight excluding hydrogens is 242 g/mol. The summed E-state index contributed by atoms with van der Waals surface area (Å²) >= 11 is 0. The Labute approximate surface area is 112 Å². The summed E-state index contributed by atoms with van der Waals surface area (Å²) in [5.41, 5.74) is 0.418. The van der Waals surface area contributed by atoms with Crippen LogP contribution in [0.3, 0.4) is 0 Å². The van der Waals surface area contributed by atoms with Crippen molar-refractivity contribution in [2.45, 2.75) is 38.2 Å². The molecule has 2 aliphatic rings. The molecule has 19 heavy (non-hydrogen) atoms. The van der Waals surface area contributed by atoms with Crippen LogP contribution >= 0.6 is 0 Å². The number of carboxylic acid groups (broad SMARTS) is 1. The highest BCUT2D eigenvalue weighted by Gasteiger charge is 2.55. The Morgan fingerprint density at radius 3 is 3.00 bits per heavy atom. The lowest BCUT2D eigenvalue weighted by Gasteiger charge is -2.30. The van der Waals surface area contributed by atoms with E-state index in [1.54, 1.807) is 6.20 Å². The Kier molecular flexibility index (Phi) is 3.27. The fourth-order valence-corrected chi connectivity index (χ4v) is 3.17. The zero-order chi connectivity index (χ0) is 13.3. The van der Waals surface area contributed by atoms with Crippen molar-refractivity contribution >= 4 is 5.97 Å². The molecule has 0 bridgehead atoms. The molecule has 1 aromatic rings. The molecule has 0 spiro atoms. The molecule has 1 aromatic heterocycles. The van der Waals surface area contributed by atoms with Crippen LogP contribution in [0.15, 0.2) is 24.5 Å². The summed E-state index contributed by atoms with van der Waals surface area (Å²) < 4.78 is 5.75. The summed E-state index contributed by atoms with van der Waals surface area (Å²) in [6.45, 7) is 0.584. The molecule has 0 amide bonds. The fourth-order valence-electron chi connectivity index (χ4n) is 3.17. The smallest absolute Gasteiger partial charge is 0.312 e. The Morgan fingerprint density at radius 2 is 2.37 bits per heavy atom. The minimum Gasteiger partial charge on any atom is -0.481 e. The van der Waals surface area contributed by atoms with E-state index in [0.717, 1.165) is 24.8 Å². The van der Waals surface area contributed by atoms with Gasteiger partial charge in [-0.3, -0.25) is 9.78 Å². The van der Waals surface area contributed by atoms with Crippen LogP contribution in [0.1, 0.15) is 31.2 Å². The summed E-state index contributed by atoms with van der Waals surface area (Å²) in [6.07, 6.45) is 7.76. The zero-order valence-corrected chi connectivity index (χ0v) is 10.9. The summed E-state index contributed by atoms with van der Waals surface area (Å²) in [7, 11) is 0. The van der Waals surface area contributed by atoms with Crippen LogP contribution in [0.4, 0.5) is 0 Å². The van der Waals surface area contributed by atoms with Crippen molar-refractivity contribution in [3.8, 4) is 0 Å². The second-order valence-corrected chi connectivity index (χ2v) is 5.70. The molecule has 4 heteroatoms. The Hall–Kier alpha value is -1.42. The second kappa shape index (κ2) is 4.93. The van der Waals surface area contributed by atoms with Gasteiger partial charge in [-0.2, -0.15) is 0 Å². The molecule has 2 heterocycles. The van der Waals surface area contributed by atoms with Crippen LogP contribution < -0.4 is 0 Å². The van der Waals surface area contributed by atoms with E-state index in [2.05, 4.69) is 4.98 Å². The number of pyridine rings is 1. The first-order chi connectivity index (χ1) is 9.22. The van der Waals surface area contributed by atoms with Gasteiger partial charge in [0.2, 0.25) is 0 Å². The van der Waals surface area contributed by atoms with Gasteiger partial charge in [-0.1, -0.05) is 6.07 Å². The van der Waals surface area contributed by atoms with Gasteiger partial charge in [0.25, 0.3) is 0 Å². The van der Waals surface area contributed by atoms with Crippen molar-refractivity contribution < 1.29 is 14.6 Å². The number of ether oxygens (including phenoxy) is 1. The van der Waals surface area contributed by atoms with Crippen molar-refractivity contribution in [2.24, 2.45) is 11.3 Å². The molecule has 1 aliphatic heterocycles. The first kappa shape index (κ1) is 12.6. The van der Waals surface area contributed by atoms with E-state index in [9.17, 15) is 9.90 Å². The number of hydrogen-bond donors (Lipinski definition) is 1. The maximum Gasteiger partial charge on any atom is 0.312 e. The number of nitrogens with zero attached hydrogens (tertiary/aromatic N) is 1. The lowest BCUT2D eigenvalue weighted by atomic mass is 9.74. The lowest BCUT2D eigenvalue weighted by molar-refractivity contribution is -0.153. The minimum absolute atomic E-state index is 0.0818. The van der Waals surface area contributed by atoms with E-state index < -0.39 is 11.4 Å². The van der Waals surface area contributed by atoms with Crippen LogP contribution in [-0.2, 0) is 16.0 Å². The van der Waals surface area contributed by atoms with Gasteiger partial charge in [0, 0.05) is 19.0 Å². The topological polar surface area (TPSA) is 59.4 Å². The number of hydrogen-bond acceptors (Lipinski definition) is 3. The van der Waals surface area contributed by atoms with Gasteiger partial charge in [-0.15, -0.1) is 0 Å². The molecule has 0 aromatic carbocycles. The van der Waals surface area contributed by atoms with Gasteiger partial charge >= 0.3 is 5.97 Å². The van der Waals surface area contributed by atoms with Crippen molar-refractivity contribution in [1.29, 1.82) is 0 Å². The fraction of sp³-hybridized carbons (Fsp3) is 0.600. The van der Waals surface area contributed by atoms with Gasteiger partial charge in [0.15, 0.2) is 0 Å². The van der Waals surface area contributed by atoms with Gasteiger partial charge in [-0.25, -0.2) is 0 Å². The largest absolute Gasteiger partial charge is 0.481 e. The molecule has 102 valence electrons. The molecule has 1 N–H and O–H groups in total. The van der Waals surface area contributed by atoms with Crippen molar-refractivity contribution in [3.05, 3.63) is 30.1 Å². The number of aliphatic carboxylic acids is 1. The number of aryl methyl sites for hydroxylation is 1. The van der Waals surface area contributed by atoms with Crippen LogP contribution in [-0.4, -0.2) is 28.8 Å². The molecule has 1 saturated carbocycles. The average molecular weight is 261 g/mol. The molecule has 3 rings (SSSR count). The number of carboxylic acids is 1. The minimum atomic E-state index is -0.689. The third-order valence-electron chi connectivity index (χ3n) is 4.45. The summed E-state index contributed by atoms with van der Waals surface area (Å²) in [5.74, 6) is -0.224. The third kappa shape index (κ3) is 2.37. The maximum absolute atomic E-state index is 11.8. The maximum atomic E-state index is 11.8. The molecule has 4 nitrogen and oxygen atoms in total. The van der Waals surface area contributed by atoms with Gasteiger partial charge in [0.05, 0.1) is 11.5 Å². The Morgan fingerprint density at radius 1 is 1.53 bits per heavy atom. The quantitative estimate of drug-likeness (QED) is 0.883. The predicted molar refractivity (Wildman–Crippen MR) is 69.7 cm³/mol. The molecule has 2 unspecified atom stereocenters. The predicted octanol–water partition coefficient (Wildman–Crippen LogP) is 2.28. The van der Waals surface area contributed by atoms with E-state index in [1.165, 1.54) is 0 Å². The molecule has 0 radical (unpaired) electrons. The van der Waals surface area contributed by atoms with E-state index >= 15 is 0 Å². The molecule has 1 saturated heterocycles. The SMILES string of the molecule is O=C(O)C1(CCc2cccnc2)CCOC1C1CC1. The lowest BCUT2D eigenvalue weighted by Crippen LogP contribution is -2.40. The van der Waals surface area contributed by atoms with Gasteiger partial charge in [-0.05, 0) is 49.7 Å². The van der Waals surface area contributed by atoms with E-state index in [1.807, 2.05) is 18.3 Å². The van der Waals surface area contributed by atoms with E-state index in [0.29, 0.717) is 25.4 Å². The number of aromatic nitrogens is 1. The van der Waals surface area contributed by atoms with Crippen molar-refractivity contribution in [1.82, 2.24) is 4.98 Å². The second-order valence-electron chi connectivity index (χ2n) is 5.70. The van der Waals surface area contributed by atoms with Gasteiger partial charge < -0.3 is 9.84 Å². The van der Waals surface area contributed by atoms with Crippen LogP contribution in [0.5, 0.6) is 0 Å². The standard InChI is InChI=1S/C15H19NO3/c17-14(18)15(6-5-11-2-1-8-16-10-11)7-9-19-13(15)12-3-4-12/h1-2,8,10,12-13H,3-7,9H2,(H,17,18). The number of rotatable bonds is 5. The van der Waals surface area contributed by atoms with Crippen molar-refractivity contribution in [2.75, 3.05) is 6.61 Å². The highest BCUT2D eigenvalue weighted by atomic mass is 16.5. The van der Waals surface area contributed by atoms with Crippen LogP contribution in [0.25, 0.3) is 0 Å². The van der Waals surface area contributed by atoms with E-state index in [4.69, 9.17) is 4.74 Å². The van der Waals surface area contributed by atoms with E-state index in [-0.39, 0.29) is 6.10 Å². The molecule has 1 aliphatic carbocycles.